The van der Waals surface area contributed by atoms with Crippen LogP contribution < -0.4 is 0 Å². The fourth-order valence-corrected chi connectivity index (χ4v) is 2.83. The van der Waals surface area contributed by atoms with E-state index in [-0.39, 0.29) is 17.9 Å². The van der Waals surface area contributed by atoms with E-state index < -0.39 is 5.60 Å². The first-order valence-electron chi connectivity index (χ1n) is 8.38. The molecule has 132 valence electrons. The maximum Gasteiger partial charge on any atom is 0.410 e. The van der Waals surface area contributed by atoms with Crippen LogP contribution in [0.15, 0.2) is 24.5 Å². The van der Waals surface area contributed by atoms with Crippen LogP contribution in [-0.2, 0) is 16.1 Å². The Hall–Kier alpha value is -2.11. The van der Waals surface area contributed by atoms with Gasteiger partial charge in [-0.3, -0.25) is 9.78 Å². The SMILES string of the molecule is CN(Cc1cccnc1)C(=O)[C@@H]1CCCN(C(=O)OC(C)(C)C)C1. The van der Waals surface area contributed by atoms with E-state index in [4.69, 9.17) is 4.74 Å². The number of carbonyl (C=O) groups is 2. The molecule has 24 heavy (non-hydrogen) atoms. The van der Waals surface area contributed by atoms with E-state index in [1.54, 1.807) is 29.2 Å². The summed E-state index contributed by atoms with van der Waals surface area (Å²) in [5.41, 5.74) is 0.471. The summed E-state index contributed by atoms with van der Waals surface area (Å²) in [5, 5.41) is 0. The third kappa shape index (κ3) is 5.22. The van der Waals surface area contributed by atoms with E-state index in [1.165, 1.54) is 0 Å². The van der Waals surface area contributed by atoms with Crippen LogP contribution in [0.4, 0.5) is 4.79 Å². The number of carbonyl (C=O) groups excluding carboxylic acids is 2. The van der Waals surface area contributed by atoms with Crippen molar-refractivity contribution in [1.29, 1.82) is 0 Å². The average Bonchev–Trinajstić information content (AvgIpc) is 2.53. The van der Waals surface area contributed by atoms with Gasteiger partial charge in [0.05, 0.1) is 5.92 Å². The van der Waals surface area contributed by atoms with Crippen LogP contribution in [0, 0.1) is 5.92 Å². The summed E-state index contributed by atoms with van der Waals surface area (Å²) in [6, 6.07) is 3.81. The summed E-state index contributed by atoms with van der Waals surface area (Å²) in [6.45, 7) is 7.13. The number of aromatic nitrogens is 1. The van der Waals surface area contributed by atoms with Crippen molar-refractivity contribution in [3.8, 4) is 0 Å². The van der Waals surface area contributed by atoms with Crippen LogP contribution in [0.2, 0.25) is 0 Å². The van der Waals surface area contributed by atoms with Crippen LogP contribution in [-0.4, -0.2) is 52.5 Å². The van der Waals surface area contributed by atoms with Gasteiger partial charge in [0.15, 0.2) is 0 Å². The number of nitrogens with zero attached hydrogens (tertiary/aromatic N) is 3. The molecule has 0 aromatic carbocycles. The zero-order chi connectivity index (χ0) is 17.7. The minimum Gasteiger partial charge on any atom is -0.444 e. The summed E-state index contributed by atoms with van der Waals surface area (Å²) in [7, 11) is 1.79. The molecule has 1 saturated heterocycles. The molecule has 0 radical (unpaired) electrons. The van der Waals surface area contributed by atoms with E-state index >= 15 is 0 Å². The molecule has 0 N–H and O–H groups in total. The van der Waals surface area contributed by atoms with Crippen molar-refractivity contribution in [2.24, 2.45) is 5.92 Å². The molecule has 2 heterocycles. The largest absolute Gasteiger partial charge is 0.444 e. The van der Waals surface area contributed by atoms with E-state index in [2.05, 4.69) is 4.98 Å². The molecule has 0 unspecified atom stereocenters. The Morgan fingerprint density at radius 2 is 2.17 bits per heavy atom. The van der Waals surface area contributed by atoms with Crippen LogP contribution in [0.3, 0.4) is 0 Å². The molecule has 0 saturated carbocycles. The lowest BCUT2D eigenvalue weighted by Gasteiger charge is -2.35. The highest BCUT2D eigenvalue weighted by molar-refractivity contribution is 5.80. The predicted molar refractivity (Wildman–Crippen MR) is 91.2 cm³/mol. The topological polar surface area (TPSA) is 62.7 Å². The molecule has 1 atom stereocenters. The number of hydrogen-bond donors (Lipinski definition) is 0. The monoisotopic (exact) mass is 333 g/mol. The lowest BCUT2D eigenvalue weighted by Crippen LogP contribution is -2.47. The van der Waals surface area contributed by atoms with Gasteiger partial charge in [-0.15, -0.1) is 0 Å². The Balaban J connectivity index is 1.93. The molecular formula is C18H27N3O3. The quantitative estimate of drug-likeness (QED) is 0.853. The van der Waals surface area contributed by atoms with Crippen molar-refractivity contribution >= 4 is 12.0 Å². The second-order valence-electron chi connectivity index (χ2n) is 7.32. The van der Waals surface area contributed by atoms with Crippen molar-refractivity contribution in [3.63, 3.8) is 0 Å². The van der Waals surface area contributed by atoms with Crippen molar-refractivity contribution in [2.75, 3.05) is 20.1 Å². The van der Waals surface area contributed by atoms with E-state index in [0.717, 1.165) is 18.4 Å². The average molecular weight is 333 g/mol. The number of amides is 2. The second kappa shape index (κ2) is 7.64. The molecule has 0 bridgehead atoms. The van der Waals surface area contributed by atoms with Crippen molar-refractivity contribution < 1.29 is 14.3 Å². The van der Waals surface area contributed by atoms with Crippen LogP contribution in [0.25, 0.3) is 0 Å². The zero-order valence-electron chi connectivity index (χ0n) is 15.0. The minimum atomic E-state index is -0.523. The van der Waals surface area contributed by atoms with Crippen molar-refractivity contribution in [1.82, 2.24) is 14.8 Å². The van der Waals surface area contributed by atoms with Gasteiger partial charge in [0.2, 0.25) is 5.91 Å². The molecule has 1 fully saturated rings. The zero-order valence-corrected chi connectivity index (χ0v) is 15.0. The smallest absolute Gasteiger partial charge is 0.410 e. The second-order valence-corrected chi connectivity index (χ2v) is 7.32. The number of pyridine rings is 1. The number of piperidine rings is 1. The van der Waals surface area contributed by atoms with Gasteiger partial charge >= 0.3 is 6.09 Å². The van der Waals surface area contributed by atoms with Gasteiger partial charge in [0, 0.05) is 39.1 Å². The van der Waals surface area contributed by atoms with Gasteiger partial charge in [-0.1, -0.05) is 6.07 Å². The van der Waals surface area contributed by atoms with Crippen LogP contribution in [0.5, 0.6) is 0 Å². The Labute approximate surface area is 143 Å². The van der Waals surface area contributed by atoms with E-state index in [1.807, 2.05) is 32.9 Å². The molecule has 1 aromatic rings. The Morgan fingerprint density at radius 1 is 1.42 bits per heavy atom. The maximum absolute atomic E-state index is 12.7. The van der Waals surface area contributed by atoms with Gasteiger partial charge in [-0.25, -0.2) is 4.79 Å². The summed E-state index contributed by atoms with van der Waals surface area (Å²) >= 11 is 0. The van der Waals surface area contributed by atoms with Crippen molar-refractivity contribution in [2.45, 2.75) is 45.8 Å². The highest BCUT2D eigenvalue weighted by Gasteiger charge is 2.32. The summed E-state index contributed by atoms with van der Waals surface area (Å²) in [5.74, 6) is -0.111. The molecule has 0 aliphatic carbocycles. The molecule has 0 spiro atoms. The van der Waals surface area contributed by atoms with Crippen molar-refractivity contribution in [3.05, 3.63) is 30.1 Å². The van der Waals surface area contributed by atoms with E-state index in [0.29, 0.717) is 19.6 Å². The molecule has 1 aliphatic rings. The van der Waals surface area contributed by atoms with E-state index in [9.17, 15) is 9.59 Å². The molecule has 2 amide bonds. The normalized spacial score (nSPS) is 18.2. The first kappa shape index (κ1) is 18.2. The Bertz CT molecular complexity index is 569. The molecular weight excluding hydrogens is 306 g/mol. The van der Waals surface area contributed by atoms with Gasteiger partial charge in [-0.2, -0.15) is 0 Å². The Morgan fingerprint density at radius 3 is 2.79 bits per heavy atom. The van der Waals surface area contributed by atoms with Gasteiger partial charge in [0.1, 0.15) is 5.60 Å². The molecule has 1 aliphatic heterocycles. The van der Waals surface area contributed by atoms with Crippen LogP contribution in [0.1, 0.15) is 39.2 Å². The maximum atomic E-state index is 12.7. The highest BCUT2D eigenvalue weighted by Crippen LogP contribution is 2.21. The van der Waals surface area contributed by atoms with Gasteiger partial charge in [0.25, 0.3) is 0 Å². The van der Waals surface area contributed by atoms with Gasteiger partial charge in [-0.05, 0) is 45.2 Å². The molecule has 6 nitrogen and oxygen atoms in total. The first-order valence-corrected chi connectivity index (χ1v) is 8.38. The number of rotatable bonds is 3. The standard InChI is InChI=1S/C18H27N3O3/c1-18(2,3)24-17(23)21-10-6-8-15(13-21)16(22)20(4)12-14-7-5-9-19-11-14/h5,7,9,11,15H,6,8,10,12-13H2,1-4H3/t15-/m1/s1. The lowest BCUT2D eigenvalue weighted by atomic mass is 9.97. The third-order valence-electron chi connectivity index (χ3n) is 3.94. The number of ether oxygens (including phenoxy) is 1. The predicted octanol–water partition coefficient (Wildman–Crippen LogP) is 2.69. The summed E-state index contributed by atoms with van der Waals surface area (Å²) < 4.78 is 5.42. The summed E-state index contributed by atoms with van der Waals surface area (Å²) in [4.78, 5) is 32.3. The van der Waals surface area contributed by atoms with Crippen LogP contribution >= 0.6 is 0 Å². The third-order valence-corrected chi connectivity index (χ3v) is 3.94. The number of likely N-dealkylation sites (tertiary alicyclic amines) is 1. The lowest BCUT2D eigenvalue weighted by molar-refractivity contribution is -0.136. The fourth-order valence-electron chi connectivity index (χ4n) is 2.83. The molecule has 1 aromatic heterocycles. The number of hydrogen-bond acceptors (Lipinski definition) is 4. The molecule has 6 heteroatoms. The Kier molecular flexibility index (Phi) is 5.80. The van der Waals surface area contributed by atoms with Gasteiger partial charge < -0.3 is 14.5 Å². The fraction of sp³-hybridized carbons (Fsp3) is 0.611. The molecule has 2 rings (SSSR count). The minimum absolute atomic E-state index is 0.0621. The summed E-state index contributed by atoms with van der Waals surface area (Å²) in [6.07, 6.45) is 4.75. The highest BCUT2D eigenvalue weighted by atomic mass is 16.6. The first-order chi connectivity index (χ1) is 11.3.